The number of anilines is 1. The van der Waals surface area contributed by atoms with Crippen molar-refractivity contribution in [3.05, 3.63) is 115 Å². The highest BCUT2D eigenvalue weighted by Crippen LogP contribution is 2.25. The molecule has 0 unspecified atom stereocenters. The van der Waals surface area contributed by atoms with Gasteiger partial charge in [0.15, 0.2) is 5.82 Å². The van der Waals surface area contributed by atoms with E-state index >= 15 is 0 Å². The van der Waals surface area contributed by atoms with E-state index in [4.69, 9.17) is 4.74 Å². The molecule has 0 fully saturated rings. The average Bonchev–Trinajstić information content (AvgIpc) is 3.34. The monoisotopic (exact) mass is 478 g/mol. The van der Waals surface area contributed by atoms with Crippen LogP contribution in [0, 0.1) is 5.82 Å². The fourth-order valence-electron chi connectivity index (χ4n) is 3.81. The number of carbonyl (C=O) groups is 1. The van der Waals surface area contributed by atoms with Gasteiger partial charge in [0.1, 0.15) is 5.82 Å². The quantitative estimate of drug-likeness (QED) is 0.294. The number of nitrogens with zero attached hydrogens (tertiary/aromatic N) is 3. The van der Waals surface area contributed by atoms with Crippen LogP contribution >= 0.6 is 0 Å². The molecule has 1 heterocycles. The second-order valence-corrected chi connectivity index (χ2v) is 8.02. The van der Waals surface area contributed by atoms with Crippen molar-refractivity contribution < 1.29 is 13.9 Å². The molecule has 0 aliphatic rings. The van der Waals surface area contributed by atoms with Crippen LogP contribution in [0.25, 0.3) is 28.2 Å². The SMILES string of the molecule is CCOc1nc(-c2cccc(F)c2)n(-c2ccc(NC(=O)c3ccc(-c4ccccc4)cc3)cc2)n1. The van der Waals surface area contributed by atoms with Gasteiger partial charge in [0, 0.05) is 16.8 Å². The summed E-state index contributed by atoms with van der Waals surface area (Å²) in [6.07, 6.45) is 0. The Balaban J connectivity index is 1.35. The number of hydrogen-bond acceptors (Lipinski definition) is 4. The molecule has 0 saturated heterocycles. The van der Waals surface area contributed by atoms with Crippen molar-refractivity contribution in [1.82, 2.24) is 14.8 Å². The molecule has 0 saturated carbocycles. The first-order valence-electron chi connectivity index (χ1n) is 11.5. The Hall–Kier alpha value is -4.78. The molecule has 5 rings (SSSR count). The minimum atomic E-state index is -0.366. The molecule has 0 aliphatic heterocycles. The predicted octanol–water partition coefficient (Wildman–Crippen LogP) is 6.39. The Morgan fingerprint density at radius 1 is 0.861 bits per heavy atom. The summed E-state index contributed by atoms with van der Waals surface area (Å²) in [7, 11) is 0. The van der Waals surface area contributed by atoms with Gasteiger partial charge in [0.05, 0.1) is 12.3 Å². The standard InChI is InChI=1S/C29H23FN4O2/c1-2-36-29-32-27(23-9-6-10-24(30)19-23)34(33-29)26-17-15-25(16-18-26)31-28(35)22-13-11-21(12-14-22)20-7-4-3-5-8-20/h3-19H,2H2,1H3,(H,31,35). The van der Waals surface area contributed by atoms with Crippen molar-refractivity contribution in [2.45, 2.75) is 6.92 Å². The lowest BCUT2D eigenvalue weighted by atomic mass is 10.0. The van der Waals surface area contributed by atoms with Gasteiger partial charge in [-0.2, -0.15) is 4.98 Å². The van der Waals surface area contributed by atoms with E-state index in [9.17, 15) is 9.18 Å². The van der Waals surface area contributed by atoms with Crippen LogP contribution in [0.1, 0.15) is 17.3 Å². The average molecular weight is 479 g/mol. The molecule has 36 heavy (non-hydrogen) atoms. The zero-order chi connectivity index (χ0) is 24.9. The number of benzene rings is 4. The molecule has 0 radical (unpaired) electrons. The Kier molecular flexibility index (Phi) is 6.53. The number of hydrogen-bond donors (Lipinski definition) is 1. The molecule has 5 aromatic rings. The topological polar surface area (TPSA) is 69.0 Å². The third-order valence-corrected chi connectivity index (χ3v) is 5.57. The van der Waals surface area contributed by atoms with Crippen LogP contribution in [0.15, 0.2) is 103 Å². The van der Waals surface area contributed by atoms with Crippen LogP contribution in [-0.2, 0) is 0 Å². The highest BCUT2D eigenvalue weighted by Gasteiger charge is 2.15. The largest absolute Gasteiger partial charge is 0.463 e. The van der Waals surface area contributed by atoms with Crippen molar-refractivity contribution in [2.24, 2.45) is 0 Å². The summed E-state index contributed by atoms with van der Waals surface area (Å²) in [5.41, 5.74) is 4.60. The number of ether oxygens (including phenoxy) is 1. The highest BCUT2D eigenvalue weighted by molar-refractivity contribution is 6.04. The lowest BCUT2D eigenvalue weighted by Crippen LogP contribution is -2.11. The van der Waals surface area contributed by atoms with Gasteiger partial charge in [-0.3, -0.25) is 4.79 Å². The van der Waals surface area contributed by atoms with Crippen molar-refractivity contribution in [1.29, 1.82) is 0 Å². The normalized spacial score (nSPS) is 10.7. The summed E-state index contributed by atoms with van der Waals surface area (Å²) in [6.45, 7) is 2.25. The van der Waals surface area contributed by atoms with E-state index in [1.54, 1.807) is 41.1 Å². The van der Waals surface area contributed by atoms with E-state index in [1.165, 1.54) is 12.1 Å². The fourth-order valence-corrected chi connectivity index (χ4v) is 3.81. The van der Waals surface area contributed by atoms with E-state index < -0.39 is 0 Å². The maximum atomic E-state index is 13.8. The van der Waals surface area contributed by atoms with Crippen LogP contribution in [0.5, 0.6) is 6.01 Å². The molecule has 6 nitrogen and oxygen atoms in total. The molecule has 4 aromatic carbocycles. The van der Waals surface area contributed by atoms with Gasteiger partial charge in [-0.05, 0) is 66.6 Å². The summed E-state index contributed by atoms with van der Waals surface area (Å²) in [4.78, 5) is 17.2. The lowest BCUT2D eigenvalue weighted by Gasteiger charge is -2.09. The van der Waals surface area contributed by atoms with E-state index in [0.29, 0.717) is 34.9 Å². The Morgan fingerprint density at radius 3 is 2.25 bits per heavy atom. The first-order valence-corrected chi connectivity index (χ1v) is 11.5. The Morgan fingerprint density at radius 2 is 1.56 bits per heavy atom. The van der Waals surface area contributed by atoms with Crippen LogP contribution in [-0.4, -0.2) is 27.3 Å². The second-order valence-electron chi connectivity index (χ2n) is 8.02. The van der Waals surface area contributed by atoms with Crippen molar-refractivity contribution in [2.75, 3.05) is 11.9 Å². The van der Waals surface area contributed by atoms with Crippen LogP contribution < -0.4 is 10.1 Å². The third kappa shape index (κ3) is 5.00. The minimum Gasteiger partial charge on any atom is -0.463 e. The molecule has 0 bridgehead atoms. The van der Waals surface area contributed by atoms with Gasteiger partial charge < -0.3 is 10.1 Å². The Bertz CT molecular complexity index is 1480. The summed E-state index contributed by atoms with van der Waals surface area (Å²) >= 11 is 0. The van der Waals surface area contributed by atoms with Crippen LogP contribution in [0.4, 0.5) is 10.1 Å². The van der Waals surface area contributed by atoms with Gasteiger partial charge in [-0.25, -0.2) is 9.07 Å². The highest BCUT2D eigenvalue weighted by atomic mass is 19.1. The summed E-state index contributed by atoms with van der Waals surface area (Å²) < 4.78 is 20.9. The molecule has 1 aromatic heterocycles. The first-order chi connectivity index (χ1) is 17.6. The van der Waals surface area contributed by atoms with E-state index in [0.717, 1.165) is 11.1 Å². The fraction of sp³-hybridized carbons (Fsp3) is 0.0690. The third-order valence-electron chi connectivity index (χ3n) is 5.57. The zero-order valence-corrected chi connectivity index (χ0v) is 19.6. The lowest BCUT2D eigenvalue weighted by molar-refractivity contribution is 0.102. The molecule has 0 spiro atoms. The molecule has 7 heteroatoms. The van der Waals surface area contributed by atoms with Gasteiger partial charge in [0.2, 0.25) is 0 Å². The van der Waals surface area contributed by atoms with Crippen LogP contribution in [0.3, 0.4) is 0 Å². The number of halogens is 1. The number of aromatic nitrogens is 3. The van der Waals surface area contributed by atoms with Crippen molar-refractivity contribution in [3.63, 3.8) is 0 Å². The molecular weight excluding hydrogens is 455 g/mol. The molecular formula is C29H23FN4O2. The van der Waals surface area contributed by atoms with Crippen LogP contribution in [0.2, 0.25) is 0 Å². The molecule has 0 atom stereocenters. The Labute approximate surface area is 208 Å². The second kappa shape index (κ2) is 10.2. The molecule has 1 amide bonds. The van der Waals surface area contributed by atoms with E-state index in [2.05, 4.69) is 15.4 Å². The van der Waals surface area contributed by atoms with Gasteiger partial charge in [-0.15, -0.1) is 5.10 Å². The number of amides is 1. The molecule has 0 aliphatic carbocycles. The molecule has 1 N–H and O–H groups in total. The number of rotatable bonds is 7. The maximum Gasteiger partial charge on any atom is 0.336 e. The van der Waals surface area contributed by atoms with Crippen molar-refractivity contribution in [3.8, 4) is 34.2 Å². The zero-order valence-electron chi connectivity index (χ0n) is 19.6. The summed E-state index contributed by atoms with van der Waals surface area (Å²) in [5, 5.41) is 7.34. The first kappa shape index (κ1) is 23.0. The van der Waals surface area contributed by atoms with Gasteiger partial charge in [0.25, 0.3) is 5.91 Å². The van der Waals surface area contributed by atoms with E-state index in [1.807, 2.05) is 61.5 Å². The smallest absolute Gasteiger partial charge is 0.336 e. The maximum absolute atomic E-state index is 13.8. The summed E-state index contributed by atoms with van der Waals surface area (Å²) in [6, 6.07) is 31.0. The van der Waals surface area contributed by atoms with Gasteiger partial charge in [-0.1, -0.05) is 54.6 Å². The predicted molar refractivity (Wildman–Crippen MR) is 138 cm³/mol. The number of carbonyl (C=O) groups excluding carboxylic acids is 1. The van der Waals surface area contributed by atoms with E-state index in [-0.39, 0.29) is 17.7 Å². The van der Waals surface area contributed by atoms with Crippen molar-refractivity contribution >= 4 is 11.6 Å². The number of nitrogens with one attached hydrogen (secondary N) is 1. The van der Waals surface area contributed by atoms with Gasteiger partial charge >= 0.3 is 6.01 Å². The summed E-state index contributed by atoms with van der Waals surface area (Å²) in [5.74, 6) is -0.120. The molecule has 178 valence electrons. The minimum absolute atomic E-state index is 0.202.